The second-order valence-electron chi connectivity index (χ2n) is 2.78. The summed E-state index contributed by atoms with van der Waals surface area (Å²) in [5.41, 5.74) is 1.19. The van der Waals surface area contributed by atoms with Gasteiger partial charge in [0.2, 0.25) is 0 Å². The third-order valence-corrected chi connectivity index (χ3v) is 1.76. The lowest BCUT2D eigenvalue weighted by Gasteiger charge is -2.00. The molecule has 2 nitrogen and oxygen atoms in total. The Balaban J connectivity index is 0.000000461. The molecule has 0 amide bonds. The Morgan fingerprint density at radius 3 is 2.21 bits per heavy atom. The molecular formula is C12H16N2. The van der Waals surface area contributed by atoms with Gasteiger partial charge in [-0.05, 0) is 30.7 Å². The number of aryl methyl sites for hydroxylation is 1. The zero-order valence-corrected chi connectivity index (χ0v) is 8.94. The third-order valence-electron chi connectivity index (χ3n) is 1.76. The normalized spacial score (nSPS) is 9.07. The summed E-state index contributed by atoms with van der Waals surface area (Å²) in [6, 6.07) is 8.04. The van der Waals surface area contributed by atoms with Gasteiger partial charge in [-0.25, -0.2) is 4.98 Å². The van der Waals surface area contributed by atoms with E-state index in [1.54, 1.807) is 0 Å². The van der Waals surface area contributed by atoms with Crippen molar-refractivity contribution in [2.45, 2.75) is 20.8 Å². The molecule has 2 heterocycles. The number of nitrogens with zero attached hydrogens (tertiary/aromatic N) is 2. The first-order chi connectivity index (χ1) is 6.86. The Labute approximate surface area is 85.2 Å². The van der Waals surface area contributed by atoms with Crippen molar-refractivity contribution in [2.24, 2.45) is 0 Å². The molecule has 74 valence electrons. The summed E-state index contributed by atoms with van der Waals surface area (Å²) in [5.74, 6) is 0.964. The van der Waals surface area contributed by atoms with Gasteiger partial charge in [0.25, 0.3) is 0 Å². The van der Waals surface area contributed by atoms with E-state index in [0.29, 0.717) is 0 Å². The van der Waals surface area contributed by atoms with E-state index in [2.05, 4.69) is 11.1 Å². The molecule has 0 saturated heterocycles. The molecule has 0 aliphatic rings. The van der Waals surface area contributed by atoms with Gasteiger partial charge in [-0.3, -0.25) is 0 Å². The molecule has 0 radical (unpaired) electrons. The molecule has 0 N–H and O–H groups in total. The summed E-state index contributed by atoms with van der Waals surface area (Å²) < 4.78 is 1.99. The second-order valence-corrected chi connectivity index (χ2v) is 2.78. The Hall–Kier alpha value is -1.57. The number of aromatic nitrogens is 2. The molecule has 2 aromatic rings. The minimum atomic E-state index is 0.964. The summed E-state index contributed by atoms with van der Waals surface area (Å²) in [6.45, 7) is 6.03. The molecule has 0 aliphatic heterocycles. The summed E-state index contributed by atoms with van der Waals surface area (Å²) >= 11 is 0. The van der Waals surface area contributed by atoms with Crippen molar-refractivity contribution in [2.75, 3.05) is 0 Å². The van der Waals surface area contributed by atoms with Crippen LogP contribution in [0.3, 0.4) is 0 Å². The monoisotopic (exact) mass is 188 g/mol. The highest BCUT2D eigenvalue weighted by Gasteiger charge is 1.93. The molecule has 0 saturated carbocycles. The molecule has 0 atom stereocenters. The maximum atomic E-state index is 4.28. The number of hydrogen-bond donors (Lipinski definition) is 0. The zero-order valence-electron chi connectivity index (χ0n) is 8.94. The van der Waals surface area contributed by atoms with Crippen LogP contribution in [0.1, 0.15) is 19.4 Å². The highest BCUT2D eigenvalue weighted by atomic mass is 15.0. The van der Waals surface area contributed by atoms with Crippen LogP contribution in [-0.2, 0) is 0 Å². The van der Waals surface area contributed by atoms with E-state index in [-0.39, 0.29) is 0 Å². The SMILES string of the molecule is CC.Cc1ccc(-n2cccc2)nc1. The summed E-state index contributed by atoms with van der Waals surface area (Å²) in [7, 11) is 0. The van der Waals surface area contributed by atoms with Crippen molar-refractivity contribution in [3.63, 3.8) is 0 Å². The van der Waals surface area contributed by atoms with E-state index in [1.165, 1.54) is 5.56 Å². The smallest absolute Gasteiger partial charge is 0.136 e. The van der Waals surface area contributed by atoms with Crippen LogP contribution in [-0.4, -0.2) is 9.55 Å². The fraction of sp³-hybridized carbons (Fsp3) is 0.250. The molecule has 0 unspecified atom stereocenters. The standard InChI is InChI=1S/C10H10N2.C2H6/c1-9-4-5-10(11-8-9)12-6-2-3-7-12;1-2/h2-8H,1H3;1-2H3. The van der Waals surface area contributed by atoms with Crippen molar-refractivity contribution in [3.8, 4) is 5.82 Å². The van der Waals surface area contributed by atoms with Crippen LogP contribution in [0, 0.1) is 6.92 Å². The van der Waals surface area contributed by atoms with Crippen molar-refractivity contribution in [3.05, 3.63) is 48.4 Å². The van der Waals surface area contributed by atoms with Crippen LogP contribution in [0.2, 0.25) is 0 Å². The van der Waals surface area contributed by atoms with E-state index >= 15 is 0 Å². The van der Waals surface area contributed by atoms with Gasteiger partial charge in [-0.2, -0.15) is 0 Å². The third kappa shape index (κ3) is 2.46. The first-order valence-electron chi connectivity index (χ1n) is 4.92. The van der Waals surface area contributed by atoms with Gasteiger partial charge in [-0.15, -0.1) is 0 Å². The Morgan fingerprint density at radius 2 is 1.71 bits per heavy atom. The van der Waals surface area contributed by atoms with E-state index in [0.717, 1.165) is 5.82 Å². The summed E-state index contributed by atoms with van der Waals surface area (Å²) in [4.78, 5) is 4.28. The summed E-state index contributed by atoms with van der Waals surface area (Å²) in [6.07, 6.45) is 5.84. The van der Waals surface area contributed by atoms with Crippen LogP contribution in [0.25, 0.3) is 5.82 Å². The Morgan fingerprint density at radius 1 is 1.07 bits per heavy atom. The molecule has 0 aromatic carbocycles. The maximum absolute atomic E-state index is 4.28. The molecule has 2 aromatic heterocycles. The quantitative estimate of drug-likeness (QED) is 0.672. The van der Waals surface area contributed by atoms with Crippen molar-refractivity contribution in [1.82, 2.24) is 9.55 Å². The number of hydrogen-bond acceptors (Lipinski definition) is 1. The fourth-order valence-corrected chi connectivity index (χ4v) is 1.10. The van der Waals surface area contributed by atoms with Crippen LogP contribution >= 0.6 is 0 Å². The van der Waals surface area contributed by atoms with Gasteiger partial charge >= 0.3 is 0 Å². The molecule has 0 fully saturated rings. The van der Waals surface area contributed by atoms with Gasteiger partial charge in [0.1, 0.15) is 5.82 Å². The average Bonchev–Trinajstić information content (AvgIpc) is 2.75. The molecule has 0 bridgehead atoms. The fourth-order valence-electron chi connectivity index (χ4n) is 1.10. The highest BCUT2D eigenvalue weighted by molar-refractivity contribution is 5.25. The van der Waals surface area contributed by atoms with Gasteiger partial charge in [0, 0.05) is 18.6 Å². The first kappa shape index (κ1) is 10.5. The van der Waals surface area contributed by atoms with Gasteiger partial charge in [-0.1, -0.05) is 19.9 Å². The van der Waals surface area contributed by atoms with Crippen LogP contribution in [0.4, 0.5) is 0 Å². The predicted octanol–water partition coefficient (Wildman–Crippen LogP) is 3.21. The van der Waals surface area contributed by atoms with Crippen molar-refractivity contribution < 1.29 is 0 Å². The molecule has 2 rings (SSSR count). The number of rotatable bonds is 1. The van der Waals surface area contributed by atoms with E-state index in [1.807, 2.05) is 62.1 Å². The van der Waals surface area contributed by atoms with Gasteiger partial charge < -0.3 is 4.57 Å². The zero-order chi connectivity index (χ0) is 10.4. The lowest BCUT2D eigenvalue weighted by atomic mass is 10.3. The second kappa shape index (κ2) is 5.22. The minimum Gasteiger partial charge on any atom is -0.309 e. The van der Waals surface area contributed by atoms with E-state index in [9.17, 15) is 0 Å². The minimum absolute atomic E-state index is 0.964. The first-order valence-corrected chi connectivity index (χ1v) is 4.92. The van der Waals surface area contributed by atoms with Crippen LogP contribution in [0.5, 0.6) is 0 Å². The van der Waals surface area contributed by atoms with Gasteiger partial charge in [0.05, 0.1) is 0 Å². The van der Waals surface area contributed by atoms with E-state index in [4.69, 9.17) is 0 Å². The molecule has 0 aliphatic carbocycles. The Bertz CT molecular complexity index is 346. The van der Waals surface area contributed by atoms with Crippen molar-refractivity contribution >= 4 is 0 Å². The topological polar surface area (TPSA) is 17.8 Å². The number of pyridine rings is 1. The van der Waals surface area contributed by atoms with E-state index < -0.39 is 0 Å². The maximum Gasteiger partial charge on any atom is 0.136 e. The van der Waals surface area contributed by atoms with Crippen LogP contribution in [0.15, 0.2) is 42.9 Å². The van der Waals surface area contributed by atoms with Gasteiger partial charge in [0.15, 0.2) is 0 Å². The van der Waals surface area contributed by atoms with Crippen molar-refractivity contribution in [1.29, 1.82) is 0 Å². The summed E-state index contributed by atoms with van der Waals surface area (Å²) in [5, 5.41) is 0. The highest BCUT2D eigenvalue weighted by Crippen LogP contribution is 2.04. The Kier molecular flexibility index (Phi) is 3.92. The molecule has 0 spiro atoms. The largest absolute Gasteiger partial charge is 0.309 e. The average molecular weight is 188 g/mol. The van der Waals surface area contributed by atoms with Crippen LogP contribution < -0.4 is 0 Å². The molecule has 14 heavy (non-hydrogen) atoms. The molecule has 2 heteroatoms. The lowest BCUT2D eigenvalue weighted by molar-refractivity contribution is 1.00. The molecular weight excluding hydrogens is 172 g/mol. The predicted molar refractivity (Wildman–Crippen MR) is 59.6 cm³/mol. The lowest BCUT2D eigenvalue weighted by Crippen LogP contribution is -1.92.